The molecule has 0 aliphatic heterocycles. The van der Waals surface area contributed by atoms with Crippen LogP contribution >= 0.6 is 0 Å². The Morgan fingerprint density at radius 1 is 1.04 bits per heavy atom. The number of pyridine rings is 1. The topological polar surface area (TPSA) is 22.1 Å². The van der Waals surface area contributed by atoms with Gasteiger partial charge in [-0.3, -0.25) is 4.98 Å². The number of rotatable bonds is 3. The first-order chi connectivity index (χ1) is 10.8. The molecule has 0 aliphatic carbocycles. The Kier molecular flexibility index (Phi) is 4.70. The lowest BCUT2D eigenvalue weighted by atomic mass is 9.79. The number of benzene rings is 1. The fourth-order valence-corrected chi connectivity index (χ4v) is 2.35. The summed E-state index contributed by atoms with van der Waals surface area (Å²) < 4.78 is 46.3. The van der Waals surface area contributed by atoms with Crippen LogP contribution < -0.4 is 0 Å². The highest BCUT2D eigenvalue weighted by molar-refractivity contribution is 5.83. The second-order valence-corrected chi connectivity index (χ2v) is 7.66. The van der Waals surface area contributed by atoms with Crippen molar-refractivity contribution in [1.82, 2.24) is 4.98 Å². The highest BCUT2D eigenvalue weighted by Gasteiger charge is 2.37. The van der Waals surface area contributed by atoms with Crippen LogP contribution in [0, 0.1) is 5.41 Å². The molecule has 2 rings (SSSR count). The van der Waals surface area contributed by atoms with Crippen molar-refractivity contribution in [1.29, 1.82) is 0 Å². The normalized spacial score (nSPS) is 14.9. The molecule has 1 aromatic carbocycles. The Morgan fingerprint density at radius 2 is 1.67 bits per heavy atom. The maximum atomic E-state index is 13.4. The quantitative estimate of drug-likeness (QED) is 0.668. The molecule has 132 valence electrons. The molecule has 0 bridgehead atoms. The molecule has 24 heavy (non-hydrogen) atoms. The Labute approximate surface area is 141 Å². The van der Waals surface area contributed by atoms with Crippen LogP contribution in [0.15, 0.2) is 30.5 Å². The molecule has 0 amide bonds. The molecule has 0 fully saturated rings. The van der Waals surface area contributed by atoms with Crippen molar-refractivity contribution in [3.63, 3.8) is 0 Å². The van der Waals surface area contributed by atoms with Gasteiger partial charge in [-0.25, -0.2) is 0 Å². The molecule has 0 spiro atoms. The third-order valence-electron chi connectivity index (χ3n) is 4.78. The van der Waals surface area contributed by atoms with Crippen molar-refractivity contribution in [2.45, 2.75) is 59.4 Å². The summed E-state index contributed by atoms with van der Waals surface area (Å²) in [5.41, 5.74) is -0.892. The SMILES string of the molecule is CC(OC(C)(C)C(C)(C)C)c1cc(C(F)(F)F)c2ncccc2c1. The Morgan fingerprint density at radius 3 is 2.21 bits per heavy atom. The third-order valence-corrected chi connectivity index (χ3v) is 4.78. The number of nitrogens with zero attached hydrogens (tertiary/aromatic N) is 1. The first-order valence-corrected chi connectivity index (χ1v) is 7.96. The number of halogens is 3. The van der Waals surface area contributed by atoms with E-state index in [0.717, 1.165) is 6.07 Å². The highest BCUT2D eigenvalue weighted by atomic mass is 19.4. The van der Waals surface area contributed by atoms with E-state index in [1.54, 1.807) is 25.1 Å². The maximum absolute atomic E-state index is 13.4. The number of fused-ring (bicyclic) bond motifs is 1. The minimum atomic E-state index is -4.46. The van der Waals surface area contributed by atoms with Crippen molar-refractivity contribution in [2.75, 3.05) is 0 Å². The average Bonchev–Trinajstić information content (AvgIpc) is 2.43. The van der Waals surface area contributed by atoms with Gasteiger partial charge in [0.25, 0.3) is 0 Å². The van der Waals surface area contributed by atoms with Gasteiger partial charge in [0.15, 0.2) is 0 Å². The Hall–Kier alpha value is -1.62. The second kappa shape index (κ2) is 6.03. The summed E-state index contributed by atoms with van der Waals surface area (Å²) in [6.45, 7) is 11.8. The molecule has 1 unspecified atom stereocenters. The van der Waals surface area contributed by atoms with Gasteiger partial charge in [0.1, 0.15) is 0 Å². The monoisotopic (exact) mass is 339 g/mol. The molecule has 5 heteroatoms. The van der Waals surface area contributed by atoms with Gasteiger partial charge in [-0.15, -0.1) is 0 Å². The van der Waals surface area contributed by atoms with Gasteiger partial charge >= 0.3 is 6.18 Å². The first-order valence-electron chi connectivity index (χ1n) is 7.96. The van der Waals surface area contributed by atoms with E-state index < -0.39 is 23.4 Å². The standard InChI is InChI=1S/C19H24F3NO/c1-12(24-18(5,6)17(2,3)4)14-10-13-8-7-9-23-16(13)15(11-14)19(20,21)22/h7-12H,1-6H3. The van der Waals surface area contributed by atoms with Crippen LogP contribution in [-0.2, 0) is 10.9 Å². The predicted octanol–water partition coefficient (Wildman–Crippen LogP) is 6.16. The van der Waals surface area contributed by atoms with Gasteiger partial charge < -0.3 is 4.74 Å². The number of aromatic nitrogens is 1. The molecule has 1 aromatic heterocycles. The lowest BCUT2D eigenvalue weighted by Crippen LogP contribution is -2.40. The summed E-state index contributed by atoms with van der Waals surface area (Å²) >= 11 is 0. The molecule has 0 aliphatic rings. The predicted molar refractivity (Wildman–Crippen MR) is 89.8 cm³/mol. The van der Waals surface area contributed by atoms with Crippen molar-refractivity contribution >= 4 is 10.9 Å². The minimum absolute atomic E-state index is 0.0315. The molecule has 2 nitrogen and oxygen atoms in total. The zero-order valence-electron chi connectivity index (χ0n) is 15.0. The molecule has 0 saturated heterocycles. The maximum Gasteiger partial charge on any atom is 0.418 e. The van der Waals surface area contributed by atoms with E-state index in [1.807, 2.05) is 34.6 Å². The first kappa shape index (κ1) is 18.7. The molecule has 1 heterocycles. The number of hydrogen-bond acceptors (Lipinski definition) is 2. The van der Waals surface area contributed by atoms with Gasteiger partial charge in [-0.2, -0.15) is 13.2 Å². The van der Waals surface area contributed by atoms with Gasteiger partial charge in [0.2, 0.25) is 0 Å². The summed E-state index contributed by atoms with van der Waals surface area (Å²) in [5.74, 6) is 0. The highest BCUT2D eigenvalue weighted by Crippen LogP contribution is 2.40. The van der Waals surface area contributed by atoms with Crippen LogP contribution in [0.3, 0.4) is 0 Å². The Balaban J connectivity index is 2.50. The second-order valence-electron chi connectivity index (χ2n) is 7.66. The average molecular weight is 339 g/mol. The van der Waals surface area contributed by atoms with Crippen LogP contribution in [0.5, 0.6) is 0 Å². The van der Waals surface area contributed by atoms with Gasteiger partial charge in [-0.05, 0) is 49.9 Å². The Bertz CT molecular complexity index is 729. The van der Waals surface area contributed by atoms with E-state index in [-0.39, 0.29) is 10.9 Å². The van der Waals surface area contributed by atoms with E-state index in [2.05, 4.69) is 4.98 Å². The van der Waals surface area contributed by atoms with Crippen LogP contribution in [-0.4, -0.2) is 10.6 Å². The number of alkyl halides is 3. The van der Waals surface area contributed by atoms with Crippen molar-refractivity contribution < 1.29 is 17.9 Å². The third kappa shape index (κ3) is 3.72. The van der Waals surface area contributed by atoms with E-state index in [0.29, 0.717) is 10.9 Å². The van der Waals surface area contributed by atoms with E-state index in [1.165, 1.54) is 6.20 Å². The van der Waals surface area contributed by atoms with Crippen molar-refractivity contribution in [3.05, 3.63) is 41.6 Å². The lowest BCUT2D eigenvalue weighted by Gasteiger charge is -2.40. The molecule has 0 radical (unpaired) electrons. The van der Waals surface area contributed by atoms with Crippen LogP contribution in [0.1, 0.15) is 58.8 Å². The molecular formula is C19H24F3NO. The molecule has 1 atom stereocenters. The minimum Gasteiger partial charge on any atom is -0.367 e. The lowest BCUT2D eigenvalue weighted by molar-refractivity contribution is -0.137. The zero-order valence-corrected chi connectivity index (χ0v) is 15.0. The molecular weight excluding hydrogens is 315 g/mol. The molecule has 2 aromatic rings. The summed E-state index contributed by atoms with van der Waals surface area (Å²) in [4.78, 5) is 3.90. The largest absolute Gasteiger partial charge is 0.418 e. The summed E-state index contributed by atoms with van der Waals surface area (Å²) in [6, 6.07) is 6.15. The van der Waals surface area contributed by atoms with E-state index in [4.69, 9.17) is 4.74 Å². The number of hydrogen-bond donors (Lipinski definition) is 0. The summed E-state index contributed by atoms with van der Waals surface area (Å²) in [5, 5.41) is 0.464. The van der Waals surface area contributed by atoms with E-state index in [9.17, 15) is 13.2 Å². The summed E-state index contributed by atoms with van der Waals surface area (Å²) in [7, 11) is 0. The number of ether oxygens (including phenoxy) is 1. The fourth-order valence-electron chi connectivity index (χ4n) is 2.35. The zero-order chi connectivity index (χ0) is 18.3. The van der Waals surface area contributed by atoms with Gasteiger partial charge in [0, 0.05) is 11.6 Å². The molecule has 0 saturated carbocycles. The van der Waals surface area contributed by atoms with Crippen molar-refractivity contribution in [3.8, 4) is 0 Å². The fraction of sp³-hybridized carbons (Fsp3) is 0.526. The van der Waals surface area contributed by atoms with Gasteiger partial charge in [-0.1, -0.05) is 26.8 Å². The van der Waals surface area contributed by atoms with Crippen molar-refractivity contribution in [2.24, 2.45) is 5.41 Å². The van der Waals surface area contributed by atoms with Crippen LogP contribution in [0.25, 0.3) is 10.9 Å². The summed E-state index contributed by atoms with van der Waals surface area (Å²) in [6.07, 6.45) is -3.55. The van der Waals surface area contributed by atoms with Gasteiger partial charge in [0.05, 0.1) is 22.8 Å². The smallest absolute Gasteiger partial charge is 0.367 e. The van der Waals surface area contributed by atoms with Crippen LogP contribution in [0.4, 0.5) is 13.2 Å². The van der Waals surface area contributed by atoms with E-state index >= 15 is 0 Å². The molecule has 0 N–H and O–H groups in total. The van der Waals surface area contributed by atoms with Crippen LogP contribution in [0.2, 0.25) is 0 Å².